The monoisotopic (exact) mass is 350 g/mol. The quantitative estimate of drug-likeness (QED) is 0.737. The summed E-state index contributed by atoms with van der Waals surface area (Å²) in [6.45, 7) is 0.583. The molecule has 0 saturated heterocycles. The number of nitrogens with one attached hydrogen (secondary N) is 1. The van der Waals surface area contributed by atoms with E-state index in [2.05, 4.69) is 15.3 Å². The van der Waals surface area contributed by atoms with Gasteiger partial charge < -0.3 is 10.2 Å². The summed E-state index contributed by atoms with van der Waals surface area (Å²) in [7, 11) is 1.75. The molecule has 0 fully saturated rings. The molecule has 2 heterocycles. The number of rotatable bonds is 6. The summed E-state index contributed by atoms with van der Waals surface area (Å²) in [6.07, 6.45) is 5.74. The van der Waals surface area contributed by atoms with Gasteiger partial charge in [-0.2, -0.15) is 0 Å². The van der Waals surface area contributed by atoms with E-state index in [4.69, 9.17) is 0 Å². The fourth-order valence-electron chi connectivity index (χ4n) is 2.46. The van der Waals surface area contributed by atoms with Crippen LogP contribution < -0.4 is 5.32 Å². The summed E-state index contributed by atoms with van der Waals surface area (Å²) in [5.41, 5.74) is 2.45. The number of halogens is 1. The number of amides is 1. The Labute approximate surface area is 151 Å². The van der Waals surface area contributed by atoms with Crippen LogP contribution in [0, 0.1) is 5.82 Å². The van der Waals surface area contributed by atoms with Crippen LogP contribution in [0.2, 0.25) is 0 Å². The second-order valence-corrected chi connectivity index (χ2v) is 5.87. The summed E-state index contributed by atoms with van der Waals surface area (Å²) < 4.78 is 13.7. The zero-order valence-corrected chi connectivity index (χ0v) is 14.4. The Kier molecular flexibility index (Phi) is 5.53. The van der Waals surface area contributed by atoms with Crippen molar-refractivity contribution in [2.45, 2.75) is 6.42 Å². The number of anilines is 2. The van der Waals surface area contributed by atoms with Crippen LogP contribution in [0.25, 0.3) is 0 Å². The van der Waals surface area contributed by atoms with E-state index in [0.29, 0.717) is 23.6 Å². The molecule has 0 spiro atoms. The lowest BCUT2D eigenvalue weighted by molar-refractivity contribution is 0.0791. The topological polar surface area (TPSA) is 58.1 Å². The number of hydrogen-bond donors (Lipinski definition) is 1. The second-order valence-electron chi connectivity index (χ2n) is 5.87. The molecule has 0 aliphatic rings. The molecule has 0 unspecified atom stereocenters. The number of aromatic nitrogens is 2. The molecule has 3 aromatic rings. The molecule has 1 N–H and O–H groups in total. The maximum absolute atomic E-state index is 13.7. The Bertz CT molecular complexity index is 868. The Morgan fingerprint density at radius 2 is 1.88 bits per heavy atom. The van der Waals surface area contributed by atoms with E-state index < -0.39 is 0 Å². The molecule has 5 nitrogen and oxygen atoms in total. The molecule has 2 aromatic heterocycles. The minimum absolute atomic E-state index is 0.156. The van der Waals surface area contributed by atoms with Gasteiger partial charge in [0.2, 0.25) is 0 Å². The van der Waals surface area contributed by atoms with Crippen molar-refractivity contribution in [1.29, 1.82) is 0 Å². The SMILES string of the molecule is CN(CCc1ccncc1)C(=O)c1ccc(Nc2ccccc2F)cn1. The van der Waals surface area contributed by atoms with Crippen molar-refractivity contribution in [2.75, 3.05) is 18.9 Å². The maximum atomic E-state index is 13.7. The van der Waals surface area contributed by atoms with Gasteiger partial charge in [0.1, 0.15) is 11.5 Å². The molecule has 6 heteroatoms. The van der Waals surface area contributed by atoms with Crippen LogP contribution >= 0.6 is 0 Å². The smallest absolute Gasteiger partial charge is 0.272 e. The molecule has 26 heavy (non-hydrogen) atoms. The van der Waals surface area contributed by atoms with Crippen LogP contribution in [0.15, 0.2) is 67.1 Å². The fraction of sp³-hybridized carbons (Fsp3) is 0.150. The molecular formula is C20H19FN4O. The van der Waals surface area contributed by atoms with Crippen molar-refractivity contribution in [3.63, 3.8) is 0 Å². The van der Waals surface area contributed by atoms with Gasteiger partial charge in [0.05, 0.1) is 17.6 Å². The van der Waals surface area contributed by atoms with E-state index in [9.17, 15) is 9.18 Å². The van der Waals surface area contributed by atoms with Gasteiger partial charge in [-0.05, 0) is 48.4 Å². The maximum Gasteiger partial charge on any atom is 0.272 e. The third kappa shape index (κ3) is 4.42. The van der Waals surface area contributed by atoms with Crippen LogP contribution in [0.1, 0.15) is 16.1 Å². The number of likely N-dealkylation sites (N-methyl/N-ethyl adjacent to an activating group) is 1. The molecule has 0 radical (unpaired) electrons. The summed E-state index contributed by atoms with van der Waals surface area (Å²) in [6, 6.07) is 13.6. The lowest BCUT2D eigenvalue weighted by Crippen LogP contribution is -2.29. The summed E-state index contributed by atoms with van der Waals surface area (Å²) in [4.78, 5) is 22.3. The van der Waals surface area contributed by atoms with Crippen molar-refractivity contribution in [3.05, 3.63) is 84.2 Å². The van der Waals surface area contributed by atoms with Crippen LogP contribution in [0.3, 0.4) is 0 Å². The number of carbonyl (C=O) groups excluding carboxylic acids is 1. The molecule has 0 atom stereocenters. The van der Waals surface area contributed by atoms with Crippen molar-refractivity contribution in [1.82, 2.24) is 14.9 Å². The number of benzene rings is 1. The highest BCUT2D eigenvalue weighted by Crippen LogP contribution is 2.19. The normalized spacial score (nSPS) is 10.4. The summed E-state index contributed by atoms with van der Waals surface area (Å²) in [5, 5.41) is 2.95. The third-order valence-electron chi connectivity index (χ3n) is 3.97. The molecular weight excluding hydrogens is 331 g/mol. The summed E-state index contributed by atoms with van der Waals surface area (Å²) in [5.74, 6) is -0.500. The Morgan fingerprint density at radius 3 is 2.58 bits per heavy atom. The van der Waals surface area contributed by atoms with E-state index in [0.717, 1.165) is 12.0 Å². The van der Waals surface area contributed by atoms with E-state index in [-0.39, 0.29) is 11.7 Å². The minimum atomic E-state index is -0.344. The van der Waals surface area contributed by atoms with Crippen molar-refractivity contribution < 1.29 is 9.18 Å². The highest BCUT2D eigenvalue weighted by Gasteiger charge is 2.13. The van der Waals surface area contributed by atoms with Gasteiger partial charge in [0, 0.05) is 26.0 Å². The number of nitrogens with zero attached hydrogens (tertiary/aromatic N) is 3. The Morgan fingerprint density at radius 1 is 1.12 bits per heavy atom. The molecule has 3 rings (SSSR count). The van der Waals surface area contributed by atoms with Gasteiger partial charge in [-0.25, -0.2) is 9.37 Å². The minimum Gasteiger partial charge on any atom is -0.352 e. The molecule has 0 aliphatic heterocycles. The zero-order valence-electron chi connectivity index (χ0n) is 14.4. The first-order chi connectivity index (χ1) is 12.6. The lowest BCUT2D eigenvalue weighted by atomic mass is 10.2. The molecule has 0 saturated carbocycles. The van der Waals surface area contributed by atoms with Crippen molar-refractivity contribution >= 4 is 17.3 Å². The number of hydrogen-bond acceptors (Lipinski definition) is 4. The molecule has 0 aliphatic carbocycles. The highest BCUT2D eigenvalue weighted by molar-refractivity contribution is 5.92. The third-order valence-corrected chi connectivity index (χ3v) is 3.97. The van der Waals surface area contributed by atoms with Gasteiger partial charge in [-0.1, -0.05) is 12.1 Å². The van der Waals surface area contributed by atoms with Crippen LogP contribution in [0.4, 0.5) is 15.8 Å². The standard InChI is InChI=1S/C20H19FN4O/c1-25(13-10-15-8-11-22-12-9-15)20(26)19-7-6-16(14-23-19)24-18-5-3-2-4-17(18)21/h2-9,11-12,14,24H,10,13H2,1H3. The van der Waals surface area contributed by atoms with Gasteiger partial charge in [-0.15, -0.1) is 0 Å². The highest BCUT2D eigenvalue weighted by atomic mass is 19.1. The average molecular weight is 350 g/mol. The van der Waals surface area contributed by atoms with Crippen LogP contribution in [-0.4, -0.2) is 34.4 Å². The van der Waals surface area contributed by atoms with Crippen molar-refractivity contribution in [3.8, 4) is 0 Å². The van der Waals surface area contributed by atoms with Gasteiger partial charge in [0.25, 0.3) is 5.91 Å². The molecule has 1 aromatic carbocycles. The predicted octanol–water partition coefficient (Wildman–Crippen LogP) is 3.67. The zero-order chi connectivity index (χ0) is 18.4. The van der Waals surface area contributed by atoms with Gasteiger partial charge >= 0.3 is 0 Å². The first kappa shape index (κ1) is 17.5. The first-order valence-electron chi connectivity index (χ1n) is 8.25. The van der Waals surface area contributed by atoms with Crippen LogP contribution in [-0.2, 0) is 6.42 Å². The molecule has 1 amide bonds. The Balaban J connectivity index is 1.60. The Hall–Kier alpha value is -3.28. The fourth-order valence-corrected chi connectivity index (χ4v) is 2.46. The lowest BCUT2D eigenvalue weighted by Gasteiger charge is -2.17. The number of carbonyl (C=O) groups is 1. The van der Waals surface area contributed by atoms with E-state index in [1.807, 2.05) is 12.1 Å². The molecule has 0 bridgehead atoms. The van der Waals surface area contributed by atoms with E-state index in [1.165, 1.54) is 12.3 Å². The first-order valence-corrected chi connectivity index (χ1v) is 8.25. The van der Waals surface area contributed by atoms with E-state index >= 15 is 0 Å². The van der Waals surface area contributed by atoms with Gasteiger partial charge in [-0.3, -0.25) is 9.78 Å². The van der Waals surface area contributed by atoms with Crippen LogP contribution in [0.5, 0.6) is 0 Å². The van der Waals surface area contributed by atoms with Crippen molar-refractivity contribution in [2.24, 2.45) is 0 Å². The average Bonchev–Trinajstić information content (AvgIpc) is 2.69. The predicted molar refractivity (Wildman–Crippen MR) is 98.8 cm³/mol. The van der Waals surface area contributed by atoms with E-state index in [1.54, 1.807) is 54.7 Å². The second kappa shape index (κ2) is 8.20. The largest absolute Gasteiger partial charge is 0.352 e. The molecule has 132 valence electrons. The summed E-state index contributed by atoms with van der Waals surface area (Å²) >= 11 is 0. The number of para-hydroxylation sites is 1. The van der Waals surface area contributed by atoms with Gasteiger partial charge in [0.15, 0.2) is 0 Å². The number of pyridine rings is 2.